The van der Waals surface area contributed by atoms with Gasteiger partial charge in [0.15, 0.2) is 5.69 Å². The first-order chi connectivity index (χ1) is 11.6. The molecule has 0 spiro atoms. The van der Waals surface area contributed by atoms with Gasteiger partial charge in [-0.2, -0.15) is 5.11 Å². The van der Waals surface area contributed by atoms with Crippen molar-refractivity contribution in [3.8, 4) is 11.3 Å². The van der Waals surface area contributed by atoms with E-state index in [2.05, 4.69) is 30.7 Å². The summed E-state index contributed by atoms with van der Waals surface area (Å²) in [7, 11) is 0. The first kappa shape index (κ1) is 15.3. The third-order valence-electron chi connectivity index (χ3n) is 3.15. The number of aromatic nitrogens is 3. The molecule has 0 radical (unpaired) electrons. The van der Waals surface area contributed by atoms with E-state index < -0.39 is 0 Å². The van der Waals surface area contributed by atoms with Crippen molar-refractivity contribution in [3.05, 3.63) is 59.1 Å². The van der Waals surface area contributed by atoms with E-state index in [-0.39, 0.29) is 17.2 Å². The Labute approximate surface area is 136 Å². The summed E-state index contributed by atoms with van der Waals surface area (Å²) in [5.74, 6) is -0.175. The largest absolute Gasteiger partial charge is 0.326 e. The molecule has 0 unspecified atom stereocenters. The molecule has 3 rings (SSSR count). The molecule has 0 fully saturated rings. The Bertz CT molecular complexity index is 942. The first-order valence-electron chi connectivity index (χ1n) is 7.14. The lowest BCUT2D eigenvalue weighted by molar-refractivity contribution is -0.114. The van der Waals surface area contributed by atoms with Crippen molar-refractivity contribution in [1.82, 2.24) is 15.2 Å². The van der Waals surface area contributed by atoms with Crippen molar-refractivity contribution < 1.29 is 4.79 Å². The van der Waals surface area contributed by atoms with Crippen molar-refractivity contribution in [3.63, 3.8) is 0 Å². The fourth-order valence-electron chi connectivity index (χ4n) is 2.13. The van der Waals surface area contributed by atoms with Crippen LogP contribution in [-0.2, 0) is 4.79 Å². The molecule has 0 aliphatic rings. The lowest BCUT2D eigenvalue weighted by atomic mass is 10.2. The topological polar surface area (TPSA) is 115 Å². The third kappa shape index (κ3) is 3.43. The van der Waals surface area contributed by atoms with Gasteiger partial charge in [0.25, 0.3) is 5.56 Å². The highest BCUT2D eigenvalue weighted by Crippen LogP contribution is 2.26. The summed E-state index contributed by atoms with van der Waals surface area (Å²) in [6.45, 7) is 1.43. The van der Waals surface area contributed by atoms with Crippen LogP contribution in [0, 0.1) is 0 Å². The number of hydrogen-bond acceptors (Lipinski definition) is 5. The minimum Gasteiger partial charge on any atom is -0.326 e. The molecule has 0 bridgehead atoms. The highest BCUT2D eigenvalue weighted by atomic mass is 16.1. The van der Waals surface area contributed by atoms with E-state index in [1.807, 2.05) is 0 Å². The van der Waals surface area contributed by atoms with E-state index in [0.29, 0.717) is 17.1 Å². The van der Waals surface area contributed by atoms with Crippen LogP contribution >= 0.6 is 0 Å². The molecule has 2 heterocycles. The zero-order chi connectivity index (χ0) is 16.9. The van der Waals surface area contributed by atoms with Gasteiger partial charge in [-0.15, -0.1) is 5.11 Å². The first-order valence-corrected chi connectivity index (χ1v) is 7.14. The molecule has 8 nitrogen and oxygen atoms in total. The minimum absolute atomic E-state index is 0.172. The van der Waals surface area contributed by atoms with E-state index in [4.69, 9.17) is 0 Å². The quantitative estimate of drug-likeness (QED) is 0.641. The lowest BCUT2D eigenvalue weighted by Gasteiger charge is -2.01. The van der Waals surface area contributed by atoms with Crippen LogP contribution < -0.4 is 10.9 Å². The second-order valence-electron chi connectivity index (χ2n) is 4.97. The van der Waals surface area contributed by atoms with Gasteiger partial charge in [-0.05, 0) is 30.3 Å². The predicted octanol–water partition coefficient (Wildman–Crippen LogP) is 3.14. The summed E-state index contributed by atoms with van der Waals surface area (Å²) in [5.41, 5.74) is 2.22. The number of pyridine rings is 1. The summed E-state index contributed by atoms with van der Waals surface area (Å²) < 4.78 is 0. The average Bonchev–Trinajstić information content (AvgIpc) is 2.94. The van der Waals surface area contributed by atoms with Gasteiger partial charge in [0.1, 0.15) is 0 Å². The number of amides is 1. The van der Waals surface area contributed by atoms with Crippen LogP contribution in [0.2, 0.25) is 0 Å². The van der Waals surface area contributed by atoms with Gasteiger partial charge in [-0.1, -0.05) is 6.07 Å². The van der Waals surface area contributed by atoms with E-state index in [0.717, 1.165) is 5.56 Å². The van der Waals surface area contributed by atoms with E-state index in [1.165, 1.54) is 6.92 Å². The van der Waals surface area contributed by atoms with Gasteiger partial charge in [0.2, 0.25) is 5.91 Å². The number of anilines is 1. The maximum atomic E-state index is 11.9. The van der Waals surface area contributed by atoms with Crippen LogP contribution in [0.4, 0.5) is 17.1 Å². The zero-order valence-electron chi connectivity index (χ0n) is 12.8. The monoisotopic (exact) mass is 322 g/mol. The second kappa shape index (κ2) is 6.69. The Morgan fingerprint density at radius 1 is 1.12 bits per heavy atom. The van der Waals surface area contributed by atoms with Gasteiger partial charge < -0.3 is 5.32 Å². The number of carbonyl (C=O) groups is 1. The van der Waals surface area contributed by atoms with E-state index in [1.54, 1.807) is 48.8 Å². The minimum atomic E-state index is -0.372. The van der Waals surface area contributed by atoms with Crippen molar-refractivity contribution >= 4 is 23.0 Å². The standard InChI is InChI=1S/C16H14N6O2/c1-10(23)18-12-3-2-4-13(9-12)19-21-15-14(20-22-16(15)24)11-5-7-17-8-6-11/h2-9H,1H3,(H,18,23)(H2,20,22,24). The molecule has 0 aliphatic carbocycles. The van der Waals surface area contributed by atoms with Crippen LogP contribution in [0.3, 0.4) is 0 Å². The Hall–Kier alpha value is -3.55. The van der Waals surface area contributed by atoms with Crippen LogP contribution in [-0.4, -0.2) is 21.1 Å². The van der Waals surface area contributed by atoms with Gasteiger partial charge in [0.05, 0.1) is 11.4 Å². The number of rotatable bonds is 4. The van der Waals surface area contributed by atoms with Crippen molar-refractivity contribution in [2.24, 2.45) is 10.2 Å². The average molecular weight is 322 g/mol. The molecular formula is C16H14N6O2. The summed E-state index contributed by atoms with van der Waals surface area (Å²) in [4.78, 5) is 27.0. The number of hydrogen-bond donors (Lipinski definition) is 3. The smallest absolute Gasteiger partial charge is 0.292 e. The number of aromatic amines is 2. The fourth-order valence-corrected chi connectivity index (χ4v) is 2.13. The third-order valence-corrected chi connectivity index (χ3v) is 3.15. The fraction of sp³-hybridized carbons (Fsp3) is 0.0625. The van der Waals surface area contributed by atoms with Crippen molar-refractivity contribution in [2.75, 3.05) is 5.32 Å². The molecular weight excluding hydrogens is 308 g/mol. The van der Waals surface area contributed by atoms with Gasteiger partial charge in [-0.25, -0.2) is 0 Å². The number of nitrogens with one attached hydrogen (secondary N) is 3. The zero-order valence-corrected chi connectivity index (χ0v) is 12.8. The molecule has 24 heavy (non-hydrogen) atoms. The van der Waals surface area contributed by atoms with Gasteiger partial charge in [0, 0.05) is 30.6 Å². The molecule has 3 aromatic rings. The Morgan fingerprint density at radius 2 is 1.92 bits per heavy atom. The summed E-state index contributed by atoms with van der Waals surface area (Å²) in [5, 5.41) is 16.1. The van der Waals surface area contributed by atoms with Crippen LogP contribution in [0.5, 0.6) is 0 Å². The lowest BCUT2D eigenvalue weighted by Crippen LogP contribution is -2.05. The maximum Gasteiger partial charge on any atom is 0.292 e. The number of nitrogens with zero attached hydrogens (tertiary/aromatic N) is 3. The summed E-state index contributed by atoms with van der Waals surface area (Å²) in [6.07, 6.45) is 3.25. The Morgan fingerprint density at radius 3 is 2.67 bits per heavy atom. The Kier molecular flexibility index (Phi) is 4.28. The highest BCUT2D eigenvalue weighted by molar-refractivity contribution is 5.89. The van der Waals surface area contributed by atoms with Gasteiger partial charge >= 0.3 is 0 Å². The molecule has 120 valence electrons. The molecule has 1 aromatic carbocycles. The van der Waals surface area contributed by atoms with Crippen molar-refractivity contribution in [1.29, 1.82) is 0 Å². The predicted molar refractivity (Wildman–Crippen MR) is 89.6 cm³/mol. The van der Waals surface area contributed by atoms with Crippen LogP contribution in [0.25, 0.3) is 11.3 Å². The molecule has 0 aliphatic heterocycles. The molecule has 0 atom stereocenters. The van der Waals surface area contributed by atoms with E-state index in [9.17, 15) is 9.59 Å². The number of carbonyl (C=O) groups excluding carboxylic acids is 1. The number of benzene rings is 1. The SMILES string of the molecule is CC(=O)Nc1cccc(N=Nc2c(-c3ccncc3)[nH][nH]c2=O)c1. The Balaban J connectivity index is 1.92. The molecule has 1 amide bonds. The molecule has 8 heteroatoms. The van der Waals surface area contributed by atoms with Crippen molar-refractivity contribution in [2.45, 2.75) is 6.92 Å². The highest BCUT2D eigenvalue weighted by Gasteiger charge is 2.11. The van der Waals surface area contributed by atoms with Crippen LogP contribution in [0.15, 0.2) is 63.8 Å². The number of azo groups is 1. The van der Waals surface area contributed by atoms with E-state index >= 15 is 0 Å². The molecule has 0 saturated heterocycles. The molecule has 0 saturated carbocycles. The normalized spacial score (nSPS) is 10.9. The molecule has 2 aromatic heterocycles. The number of H-pyrrole nitrogens is 2. The summed E-state index contributed by atoms with van der Waals surface area (Å²) >= 11 is 0. The van der Waals surface area contributed by atoms with Crippen LogP contribution in [0.1, 0.15) is 6.92 Å². The summed E-state index contributed by atoms with van der Waals surface area (Å²) in [6, 6.07) is 10.4. The maximum absolute atomic E-state index is 11.9. The second-order valence-corrected chi connectivity index (χ2v) is 4.97. The van der Waals surface area contributed by atoms with Gasteiger partial charge in [-0.3, -0.25) is 24.8 Å². The molecule has 3 N–H and O–H groups in total.